The number of carbonyl (C=O) groups is 4. The highest BCUT2D eigenvalue weighted by molar-refractivity contribution is 5.69. The fourth-order valence-corrected chi connectivity index (χ4v) is 4.18. The zero-order valence-electron chi connectivity index (χ0n) is 30.7. The summed E-state index contributed by atoms with van der Waals surface area (Å²) in [6.07, 6.45) is 25.3. The molecular formula is C37H74O10. The van der Waals surface area contributed by atoms with Crippen LogP contribution in [0.5, 0.6) is 0 Å². The van der Waals surface area contributed by atoms with Crippen molar-refractivity contribution in [2.24, 2.45) is 0 Å². The Morgan fingerprint density at radius 1 is 0.447 bits per heavy atom. The average Bonchev–Trinajstić information content (AvgIpc) is 3.03. The predicted octanol–water partition coefficient (Wildman–Crippen LogP) is 9.32. The summed E-state index contributed by atoms with van der Waals surface area (Å²) in [5, 5.41) is 42.3. The van der Waals surface area contributed by atoms with E-state index < -0.39 is 24.0 Å². The van der Waals surface area contributed by atoms with Crippen molar-refractivity contribution < 1.29 is 49.4 Å². The number of carboxylic acids is 3. The van der Waals surface area contributed by atoms with Gasteiger partial charge in [-0.25, -0.2) is 0 Å². The van der Waals surface area contributed by atoms with Crippen LogP contribution < -0.4 is 0 Å². The van der Waals surface area contributed by atoms with Crippen molar-refractivity contribution in [3.05, 3.63) is 0 Å². The number of unbranched alkanes of at least 4 members (excludes halogenated alkanes) is 18. The molecule has 0 aliphatic rings. The van der Waals surface area contributed by atoms with Gasteiger partial charge in [-0.15, -0.1) is 0 Å². The Labute approximate surface area is 287 Å². The summed E-state index contributed by atoms with van der Waals surface area (Å²) in [6.45, 7) is 8.16. The maximum atomic E-state index is 11.1. The zero-order chi connectivity index (χ0) is 36.4. The maximum absolute atomic E-state index is 11.1. The second kappa shape index (κ2) is 45.9. The van der Waals surface area contributed by atoms with Gasteiger partial charge in [0, 0.05) is 25.7 Å². The fourth-order valence-electron chi connectivity index (χ4n) is 4.18. The summed E-state index contributed by atoms with van der Waals surface area (Å²) in [4.78, 5) is 41.3. The Balaban J connectivity index is -0.000000266. The van der Waals surface area contributed by atoms with E-state index in [2.05, 4.69) is 27.7 Å². The SMILES string of the molecule is CCCCCCCC(=O)O.CCCCCCCC(=O)O.CCCCCCCC(=O)OCC(O)CO.CCCCCCCCCC(=O)O. The highest BCUT2D eigenvalue weighted by Gasteiger charge is 2.07. The van der Waals surface area contributed by atoms with E-state index in [4.69, 9.17) is 30.3 Å². The fraction of sp³-hybridized carbons (Fsp3) is 0.892. The Hall–Kier alpha value is -2.20. The standard InChI is InChI=1S/C11H22O4.C10H20O2.2C8H16O2/c1-2-3-4-5-6-7-11(14)15-9-10(13)8-12;1-2-3-4-5-6-7-8-9-10(11)12;2*1-2-3-4-5-6-7-8(9)10/h10,12-13H,2-9H2,1H3;2-9H2,1H3,(H,11,12);2*2-7H2,1H3,(H,9,10). The molecule has 10 nitrogen and oxygen atoms in total. The van der Waals surface area contributed by atoms with Crippen molar-refractivity contribution in [1.29, 1.82) is 0 Å². The third-order valence-corrected chi connectivity index (χ3v) is 7.11. The molecule has 47 heavy (non-hydrogen) atoms. The van der Waals surface area contributed by atoms with Gasteiger partial charge in [0.25, 0.3) is 0 Å². The Bertz CT molecular complexity index is 646. The van der Waals surface area contributed by atoms with Crippen LogP contribution in [0.4, 0.5) is 0 Å². The molecule has 0 fully saturated rings. The number of carboxylic acid groups (broad SMARTS) is 3. The largest absolute Gasteiger partial charge is 0.481 e. The van der Waals surface area contributed by atoms with Gasteiger partial charge in [0.05, 0.1) is 6.61 Å². The molecule has 0 heterocycles. The molecule has 5 N–H and O–H groups in total. The van der Waals surface area contributed by atoms with Crippen LogP contribution in [0.3, 0.4) is 0 Å². The molecule has 10 heteroatoms. The molecule has 0 spiro atoms. The number of ether oxygens (including phenoxy) is 1. The van der Waals surface area contributed by atoms with Crippen molar-refractivity contribution in [2.75, 3.05) is 13.2 Å². The number of hydrogen-bond acceptors (Lipinski definition) is 7. The molecule has 0 aromatic carbocycles. The predicted molar refractivity (Wildman–Crippen MR) is 190 cm³/mol. The minimum atomic E-state index is -0.950. The third-order valence-electron chi connectivity index (χ3n) is 7.11. The van der Waals surface area contributed by atoms with Gasteiger partial charge in [-0.2, -0.15) is 0 Å². The first-order valence-electron chi connectivity index (χ1n) is 18.6. The van der Waals surface area contributed by atoms with Crippen LogP contribution >= 0.6 is 0 Å². The molecule has 0 bridgehead atoms. The van der Waals surface area contributed by atoms with Gasteiger partial charge in [-0.05, 0) is 25.7 Å². The lowest BCUT2D eigenvalue weighted by Crippen LogP contribution is -2.21. The molecule has 0 amide bonds. The summed E-state index contributed by atoms with van der Waals surface area (Å²) in [7, 11) is 0. The Morgan fingerprint density at radius 2 is 0.702 bits per heavy atom. The number of hydrogen-bond donors (Lipinski definition) is 5. The van der Waals surface area contributed by atoms with Crippen LogP contribution in [-0.2, 0) is 23.9 Å². The first-order chi connectivity index (χ1) is 22.5. The molecular weight excluding hydrogens is 604 g/mol. The number of rotatable bonds is 29. The van der Waals surface area contributed by atoms with E-state index in [0.717, 1.165) is 57.8 Å². The third kappa shape index (κ3) is 63.2. The van der Waals surface area contributed by atoms with Crippen LogP contribution in [0.25, 0.3) is 0 Å². The molecule has 0 aromatic rings. The average molecular weight is 679 g/mol. The molecule has 0 aromatic heterocycles. The van der Waals surface area contributed by atoms with E-state index in [9.17, 15) is 19.2 Å². The van der Waals surface area contributed by atoms with Crippen LogP contribution in [0, 0.1) is 0 Å². The Kier molecular flexibility index (Phi) is 50.4. The normalized spacial score (nSPS) is 10.7. The van der Waals surface area contributed by atoms with Crippen LogP contribution in [-0.4, -0.2) is 68.7 Å². The van der Waals surface area contributed by atoms with Gasteiger partial charge in [0.1, 0.15) is 12.7 Å². The molecule has 0 aliphatic carbocycles. The molecule has 0 saturated heterocycles. The van der Waals surface area contributed by atoms with Gasteiger partial charge in [0.15, 0.2) is 0 Å². The first kappa shape index (κ1) is 51.6. The van der Waals surface area contributed by atoms with E-state index >= 15 is 0 Å². The highest BCUT2D eigenvalue weighted by atomic mass is 16.5. The second-order valence-electron chi connectivity index (χ2n) is 12.1. The molecule has 1 atom stereocenters. The first-order valence-corrected chi connectivity index (χ1v) is 18.6. The van der Waals surface area contributed by atoms with Crippen molar-refractivity contribution in [3.63, 3.8) is 0 Å². The highest BCUT2D eigenvalue weighted by Crippen LogP contribution is 2.08. The number of aliphatic hydroxyl groups is 2. The number of aliphatic hydroxyl groups excluding tert-OH is 2. The quantitative estimate of drug-likeness (QED) is 0.0378. The van der Waals surface area contributed by atoms with E-state index in [-0.39, 0.29) is 19.2 Å². The van der Waals surface area contributed by atoms with Gasteiger partial charge in [-0.3, -0.25) is 19.2 Å². The molecule has 0 aliphatic heterocycles. The smallest absolute Gasteiger partial charge is 0.305 e. The summed E-state index contributed by atoms with van der Waals surface area (Å²) >= 11 is 0. The maximum Gasteiger partial charge on any atom is 0.305 e. The van der Waals surface area contributed by atoms with Gasteiger partial charge < -0.3 is 30.3 Å². The van der Waals surface area contributed by atoms with Gasteiger partial charge >= 0.3 is 23.9 Å². The Morgan fingerprint density at radius 3 is 0.957 bits per heavy atom. The number of esters is 1. The van der Waals surface area contributed by atoms with Crippen molar-refractivity contribution >= 4 is 23.9 Å². The molecule has 0 saturated carbocycles. The molecule has 0 rings (SSSR count). The topological polar surface area (TPSA) is 179 Å². The van der Waals surface area contributed by atoms with E-state index in [0.29, 0.717) is 25.7 Å². The molecule has 0 radical (unpaired) electrons. The monoisotopic (exact) mass is 679 g/mol. The summed E-state index contributed by atoms with van der Waals surface area (Å²) < 4.78 is 4.75. The van der Waals surface area contributed by atoms with Crippen molar-refractivity contribution in [1.82, 2.24) is 0 Å². The van der Waals surface area contributed by atoms with Gasteiger partial charge in [0.2, 0.25) is 0 Å². The lowest BCUT2D eigenvalue weighted by atomic mass is 10.1. The van der Waals surface area contributed by atoms with Crippen molar-refractivity contribution in [2.45, 2.75) is 201 Å². The molecule has 1 unspecified atom stereocenters. The number of aliphatic carboxylic acids is 3. The lowest BCUT2D eigenvalue weighted by molar-refractivity contribution is -0.147. The molecule has 282 valence electrons. The van der Waals surface area contributed by atoms with Crippen LogP contribution in [0.1, 0.15) is 195 Å². The summed E-state index contributed by atoms with van der Waals surface area (Å²) in [6, 6.07) is 0. The zero-order valence-corrected chi connectivity index (χ0v) is 30.7. The van der Waals surface area contributed by atoms with Gasteiger partial charge in [-0.1, -0.05) is 143 Å². The van der Waals surface area contributed by atoms with E-state index in [1.807, 2.05) is 0 Å². The summed E-state index contributed by atoms with van der Waals surface area (Å²) in [5.41, 5.74) is 0. The summed E-state index contributed by atoms with van der Waals surface area (Å²) in [5.74, 6) is -2.30. The second-order valence-corrected chi connectivity index (χ2v) is 12.1. The van der Waals surface area contributed by atoms with E-state index in [1.165, 1.54) is 83.5 Å². The van der Waals surface area contributed by atoms with Crippen LogP contribution in [0.15, 0.2) is 0 Å². The minimum absolute atomic E-state index is 0.107. The number of carbonyl (C=O) groups excluding carboxylic acids is 1. The van der Waals surface area contributed by atoms with E-state index in [1.54, 1.807) is 0 Å². The lowest BCUT2D eigenvalue weighted by Gasteiger charge is -2.08. The minimum Gasteiger partial charge on any atom is -0.481 e. The van der Waals surface area contributed by atoms with Crippen LogP contribution in [0.2, 0.25) is 0 Å². The van der Waals surface area contributed by atoms with Crippen molar-refractivity contribution in [3.8, 4) is 0 Å².